The minimum atomic E-state index is -2.23. The first-order valence-corrected chi connectivity index (χ1v) is 5.52. The van der Waals surface area contributed by atoms with Gasteiger partial charge >= 0.3 is 6.03 Å². The van der Waals surface area contributed by atoms with E-state index in [1.165, 1.54) is 18.2 Å². The predicted molar refractivity (Wildman–Crippen MR) is 57.3 cm³/mol. The molecule has 0 spiro atoms. The average molecular weight is 248 g/mol. The molecule has 2 amide bonds. The lowest BCUT2D eigenvalue weighted by molar-refractivity contribution is 0.259. The van der Waals surface area contributed by atoms with E-state index in [-0.39, 0.29) is 5.75 Å². The Bertz CT molecular complexity index is 411. The van der Waals surface area contributed by atoms with Gasteiger partial charge in [-0.1, -0.05) is 28.7 Å². The third kappa shape index (κ3) is 3.86. The third-order valence-corrected chi connectivity index (χ3v) is 2.38. The summed E-state index contributed by atoms with van der Waals surface area (Å²) in [6, 6.07) is 3.73. The number of anilines is 1. The van der Waals surface area contributed by atoms with Gasteiger partial charge in [0.1, 0.15) is 0 Å². The normalized spacial score (nSPS) is 12.1. The van der Waals surface area contributed by atoms with E-state index >= 15 is 0 Å². The average Bonchev–Trinajstić information content (AvgIpc) is 2.08. The van der Waals surface area contributed by atoms with Crippen LogP contribution < -0.4 is 11.1 Å². The van der Waals surface area contributed by atoms with Crippen LogP contribution in [0.25, 0.3) is 0 Å². The Balaban J connectivity index is 3.02. The molecule has 0 aliphatic carbocycles. The zero-order valence-corrected chi connectivity index (χ0v) is 9.10. The first-order valence-electron chi connectivity index (χ1n) is 3.90. The molecule has 0 fully saturated rings. The van der Waals surface area contributed by atoms with Gasteiger partial charge in [-0.05, 0) is 17.7 Å². The molecule has 1 rings (SSSR count). The van der Waals surface area contributed by atoms with Crippen molar-refractivity contribution in [3.05, 3.63) is 28.8 Å². The van der Waals surface area contributed by atoms with Gasteiger partial charge < -0.3 is 15.6 Å². The summed E-state index contributed by atoms with van der Waals surface area (Å²) in [5, 5.41) is 2.69. The number of hydrogen-bond acceptors (Lipinski definition) is 3. The van der Waals surface area contributed by atoms with Crippen molar-refractivity contribution in [3.63, 3.8) is 0 Å². The summed E-state index contributed by atoms with van der Waals surface area (Å²) in [7, 11) is 0. The predicted octanol–water partition coefficient (Wildman–Crippen LogP) is 1.21. The van der Waals surface area contributed by atoms with Crippen molar-refractivity contribution in [1.82, 2.24) is 0 Å². The van der Waals surface area contributed by atoms with Crippen LogP contribution in [0.5, 0.6) is 0 Å². The second kappa shape index (κ2) is 5.11. The van der Waals surface area contributed by atoms with E-state index in [1.807, 2.05) is 0 Å². The number of nitrogens with two attached hydrogens (primary N) is 1. The molecule has 5 nitrogen and oxygen atoms in total. The largest absolute Gasteiger partial charge is 0.772 e. The topological polar surface area (TPSA) is 95.2 Å². The molecule has 0 radical (unpaired) electrons. The third-order valence-electron chi connectivity index (χ3n) is 1.60. The van der Waals surface area contributed by atoms with Crippen molar-refractivity contribution >= 4 is 34.4 Å². The van der Waals surface area contributed by atoms with E-state index in [9.17, 15) is 13.6 Å². The summed E-state index contributed by atoms with van der Waals surface area (Å²) in [6.45, 7) is 0. The molecule has 3 N–H and O–H groups in total. The summed E-state index contributed by atoms with van der Waals surface area (Å²) in [5.74, 6) is -0.202. The van der Waals surface area contributed by atoms with Crippen LogP contribution >= 0.6 is 11.6 Å². The monoisotopic (exact) mass is 247 g/mol. The number of benzene rings is 1. The van der Waals surface area contributed by atoms with Gasteiger partial charge in [-0.2, -0.15) is 0 Å². The van der Waals surface area contributed by atoms with Crippen molar-refractivity contribution in [1.29, 1.82) is 0 Å². The van der Waals surface area contributed by atoms with Gasteiger partial charge in [-0.15, -0.1) is 0 Å². The molecule has 0 bridgehead atoms. The summed E-state index contributed by atoms with van der Waals surface area (Å²) >= 11 is 3.46. The second-order valence-electron chi connectivity index (χ2n) is 2.74. The van der Waals surface area contributed by atoms with Crippen molar-refractivity contribution in [2.75, 3.05) is 5.32 Å². The van der Waals surface area contributed by atoms with Gasteiger partial charge in [-0.3, -0.25) is 4.21 Å². The molecule has 0 aliphatic heterocycles. The molecule has 0 aliphatic rings. The van der Waals surface area contributed by atoms with Crippen LogP contribution in [0.2, 0.25) is 5.02 Å². The number of urea groups is 1. The number of rotatable bonds is 3. The molecular formula is C8H8ClN2O3S-. The molecule has 1 aromatic carbocycles. The highest BCUT2D eigenvalue weighted by Gasteiger charge is 2.05. The van der Waals surface area contributed by atoms with Gasteiger partial charge in [0.2, 0.25) is 0 Å². The second-order valence-corrected chi connectivity index (χ2v) is 4.07. The standard InChI is InChI=1S/C8H9ClN2O3S/c9-6-2-1-5(4-15(13)14)7(3-6)11-8(10)12/h1-3H,4H2,(H,13,14)(H3,10,11,12)/p-1. The van der Waals surface area contributed by atoms with Gasteiger partial charge in [0.15, 0.2) is 0 Å². The van der Waals surface area contributed by atoms with E-state index in [1.54, 1.807) is 0 Å². The number of primary amides is 1. The Hall–Kier alpha value is -1.11. The van der Waals surface area contributed by atoms with Crippen molar-refractivity contribution in [2.24, 2.45) is 5.73 Å². The molecule has 0 saturated carbocycles. The first-order chi connectivity index (χ1) is 6.99. The van der Waals surface area contributed by atoms with E-state index in [4.69, 9.17) is 17.3 Å². The fourth-order valence-corrected chi connectivity index (χ4v) is 1.73. The zero-order valence-electron chi connectivity index (χ0n) is 7.53. The quantitative estimate of drug-likeness (QED) is 0.786. The number of hydrogen-bond donors (Lipinski definition) is 2. The smallest absolute Gasteiger partial charge is 0.316 e. The minimum absolute atomic E-state index is 0.202. The van der Waals surface area contributed by atoms with Gasteiger partial charge in [-0.25, -0.2) is 4.79 Å². The highest BCUT2D eigenvalue weighted by molar-refractivity contribution is 7.78. The Morgan fingerprint density at radius 3 is 2.80 bits per heavy atom. The molecule has 1 atom stereocenters. The fourth-order valence-electron chi connectivity index (χ4n) is 1.05. The van der Waals surface area contributed by atoms with Gasteiger partial charge in [0.25, 0.3) is 0 Å². The van der Waals surface area contributed by atoms with Crippen LogP contribution in [0.1, 0.15) is 5.56 Å². The molecule has 1 unspecified atom stereocenters. The van der Waals surface area contributed by atoms with Crippen LogP contribution in [-0.2, 0) is 16.8 Å². The van der Waals surface area contributed by atoms with E-state index in [0.29, 0.717) is 16.3 Å². The summed E-state index contributed by atoms with van der Waals surface area (Å²) in [4.78, 5) is 10.6. The van der Waals surface area contributed by atoms with Crippen LogP contribution in [0.4, 0.5) is 10.5 Å². The lowest BCUT2D eigenvalue weighted by atomic mass is 10.2. The Morgan fingerprint density at radius 2 is 2.27 bits per heavy atom. The van der Waals surface area contributed by atoms with Crippen molar-refractivity contribution in [2.45, 2.75) is 5.75 Å². The maximum Gasteiger partial charge on any atom is 0.316 e. The molecule has 15 heavy (non-hydrogen) atoms. The maximum atomic E-state index is 10.6. The van der Waals surface area contributed by atoms with Crippen LogP contribution in [0.15, 0.2) is 18.2 Å². The summed E-state index contributed by atoms with van der Waals surface area (Å²) in [5.41, 5.74) is 5.67. The Kier molecular flexibility index (Phi) is 4.07. The minimum Gasteiger partial charge on any atom is -0.772 e. The SMILES string of the molecule is NC(=O)Nc1cc(Cl)ccc1CS(=O)[O-]. The molecule has 82 valence electrons. The number of carbonyl (C=O) groups is 1. The van der Waals surface area contributed by atoms with E-state index < -0.39 is 17.1 Å². The maximum absolute atomic E-state index is 10.6. The molecule has 1 aromatic rings. The lowest BCUT2D eigenvalue weighted by Crippen LogP contribution is -2.20. The highest BCUT2D eigenvalue weighted by atomic mass is 35.5. The van der Waals surface area contributed by atoms with Crippen molar-refractivity contribution < 1.29 is 13.6 Å². The fraction of sp³-hybridized carbons (Fsp3) is 0.125. The zero-order chi connectivity index (χ0) is 11.4. The molecule has 0 saturated heterocycles. The summed E-state index contributed by atoms with van der Waals surface area (Å²) < 4.78 is 21.0. The number of nitrogens with one attached hydrogen (secondary N) is 1. The number of halogens is 1. The molecule has 7 heteroatoms. The van der Waals surface area contributed by atoms with Crippen molar-refractivity contribution in [3.8, 4) is 0 Å². The lowest BCUT2D eigenvalue weighted by Gasteiger charge is -2.11. The Morgan fingerprint density at radius 1 is 1.60 bits per heavy atom. The van der Waals surface area contributed by atoms with Gasteiger partial charge in [0, 0.05) is 16.5 Å². The van der Waals surface area contributed by atoms with E-state index in [2.05, 4.69) is 5.32 Å². The number of carbonyl (C=O) groups excluding carboxylic acids is 1. The summed E-state index contributed by atoms with van der Waals surface area (Å²) in [6.07, 6.45) is 0. The highest BCUT2D eigenvalue weighted by Crippen LogP contribution is 2.21. The first kappa shape index (κ1) is 12.0. The van der Waals surface area contributed by atoms with Crippen LogP contribution in [-0.4, -0.2) is 14.8 Å². The van der Waals surface area contributed by atoms with Crippen LogP contribution in [0.3, 0.4) is 0 Å². The van der Waals surface area contributed by atoms with Crippen LogP contribution in [0, 0.1) is 0 Å². The van der Waals surface area contributed by atoms with E-state index in [0.717, 1.165) is 0 Å². The molecule has 0 aromatic heterocycles. The molecule has 0 heterocycles. The Labute approximate surface area is 93.9 Å². The number of amides is 2. The van der Waals surface area contributed by atoms with Gasteiger partial charge in [0.05, 0.1) is 0 Å². The molecular weight excluding hydrogens is 240 g/mol.